The molecule has 2 rings (SSSR count). The summed E-state index contributed by atoms with van der Waals surface area (Å²) in [6.45, 7) is 0. The normalized spacial score (nSPS) is 10.1. The van der Waals surface area contributed by atoms with Crippen molar-refractivity contribution in [1.29, 1.82) is 0 Å². The zero-order valence-electron chi connectivity index (χ0n) is 9.00. The van der Waals surface area contributed by atoms with Crippen molar-refractivity contribution in [3.8, 4) is 11.1 Å². The van der Waals surface area contributed by atoms with Crippen LogP contribution in [-0.2, 0) is 0 Å². The lowest BCUT2D eigenvalue weighted by atomic mass is 10.0. The summed E-state index contributed by atoms with van der Waals surface area (Å²) in [6.07, 6.45) is 0. The number of rotatable bonds is 2. The zero-order chi connectivity index (χ0) is 11.5. The van der Waals surface area contributed by atoms with Gasteiger partial charge in [-0.15, -0.1) is 0 Å². The van der Waals surface area contributed by atoms with Crippen molar-refractivity contribution < 1.29 is 0 Å². The minimum Gasteiger partial charge on any atom is -0.397 e. The number of halogens is 1. The number of hydrogen-bond acceptors (Lipinski definition) is 2. The molecule has 3 heteroatoms. The van der Waals surface area contributed by atoms with Gasteiger partial charge < -0.3 is 11.1 Å². The third-order valence-corrected chi connectivity index (χ3v) is 2.81. The second kappa shape index (κ2) is 4.45. The van der Waals surface area contributed by atoms with E-state index in [4.69, 9.17) is 17.3 Å². The molecule has 0 saturated carbocycles. The largest absolute Gasteiger partial charge is 0.397 e. The monoisotopic (exact) mass is 232 g/mol. The van der Waals surface area contributed by atoms with Crippen LogP contribution in [0.1, 0.15) is 0 Å². The molecule has 3 N–H and O–H groups in total. The fourth-order valence-corrected chi connectivity index (χ4v) is 2.02. The van der Waals surface area contributed by atoms with Crippen molar-refractivity contribution in [1.82, 2.24) is 0 Å². The first-order valence-electron chi connectivity index (χ1n) is 5.05. The standard InChI is InChI=1S/C13H13ClN2/c1-16-13-11(15)8-7-10(14)12(13)9-5-3-2-4-6-9/h2-8,16H,15H2,1H3. The highest BCUT2D eigenvalue weighted by Gasteiger charge is 2.11. The smallest absolute Gasteiger partial charge is 0.0666 e. The van der Waals surface area contributed by atoms with E-state index in [1.165, 1.54) is 0 Å². The van der Waals surface area contributed by atoms with Crippen LogP contribution in [0.25, 0.3) is 11.1 Å². The molecular weight excluding hydrogens is 220 g/mol. The first kappa shape index (κ1) is 10.8. The Kier molecular flexibility index (Phi) is 3.02. The van der Waals surface area contributed by atoms with E-state index in [1.54, 1.807) is 6.07 Å². The molecule has 0 fully saturated rings. The van der Waals surface area contributed by atoms with Gasteiger partial charge in [0.05, 0.1) is 16.4 Å². The van der Waals surface area contributed by atoms with Crippen LogP contribution in [-0.4, -0.2) is 7.05 Å². The van der Waals surface area contributed by atoms with Crippen molar-refractivity contribution in [2.24, 2.45) is 0 Å². The summed E-state index contributed by atoms with van der Waals surface area (Å²) in [5.74, 6) is 0. The lowest BCUT2D eigenvalue weighted by Crippen LogP contribution is -1.98. The van der Waals surface area contributed by atoms with Crippen molar-refractivity contribution >= 4 is 23.0 Å². The molecule has 0 aliphatic rings. The van der Waals surface area contributed by atoms with Gasteiger partial charge in [-0.25, -0.2) is 0 Å². The SMILES string of the molecule is CNc1c(N)ccc(Cl)c1-c1ccccc1. The van der Waals surface area contributed by atoms with Gasteiger partial charge in [0.2, 0.25) is 0 Å². The number of benzene rings is 2. The Morgan fingerprint density at radius 3 is 2.38 bits per heavy atom. The molecular formula is C13H13ClN2. The zero-order valence-corrected chi connectivity index (χ0v) is 9.75. The summed E-state index contributed by atoms with van der Waals surface area (Å²) in [7, 11) is 1.84. The predicted octanol–water partition coefficient (Wildman–Crippen LogP) is 3.63. The number of anilines is 2. The molecule has 0 spiro atoms. The second-order valence-corrected chi connectivity index (χ2v) is 3.91. The lowest BCUT2D eigenvalue weighted by Gasteiger charge is -2.13. The molecule has 82 valence electrons. The quantitative estimate of drug-likeness (QED) is 0.776. The minimum atomic E-state index is 0.699. The number of nitrogens with one attached hydrogen (secondary N) is 1. The highest BCUT2D eigenvalue weighted by atomic mass is 35.5. The van der Waals surface area contributed by atoms with Crippen LogP contribution < -0.4 is 11.1 Å². The molecule has 2 nitrogen and oxygen atoms in total. The molecule has 0 radical (unpaired) electrons. The van der Waals surface area contributed by atoms with Gasteiger partial charge in [-0.05, 0) is 17.7 Å². The summed E-state index contributed by atoms with van der Waals surface area (Å²) in [5.41, 5.74) is 9.50. The van der Waals surface area contributed by atoms with Gasteiger partial charge in [-0.2, -0.15) is 0 Å². The van der Waals surface area contributed by atoms with Crippen LogP contribution in [0.3, 0.4) is 0 Å². The Hall–Kier alpha value is -1.67. The Labute approximate surface area is 100 Å². The number of hydrogen-bond donors (Lipinski definition) is 2. The molecule has 16 heavy (non-hydrogen) atoms. The van der Waals surface area contributed by atoms with Crippen molar-refractivity contribution in [2.45, 2.75) is 0 Å². The fraction of sp³-hybridized carbons (Fsp3) is 0.0769. The lowest BCUT2D eigenvalue weighted by molar-refractivity contribution is 1.50. The van der Waals surface area contributed by atoms with E-state index < -0.39 is 0 Å². The molecule has 2 aromatic rings. The maximum Gasteiger partial charge on any atom is 0.0666 e. The predicted molar refractivity (Wildman–Crippen MR) is 70.8 cm³/mol. The van der Waals surface area contributed by atoms with E-state index in [0.29, 0.717) is 10.7 Å². The molecule has 0 unspecified atom stereocenters. The summed E-state index contributed by atoms with van der Waals surface area (Å²) < 4.78 is 0. The Bertz CT molecular complexity index is 495. The number of nitrogen functional groups attached to an aromatic ring is 1. The van der Waals surface area contributed by atoms with Gasteiger partial charge in [-0.3, -0.25) is 0 Å². The summed E-state index contributed by atoms with van der Waals surface area (Å²) in [6, 6.07) is 13.6. The van der Waals surface area contributed by atoms with Crippen molar-refractivity contribution in [2.75, 3.05) is 18.1 Å². The minimum absolute atomic E-state index is 0.699. The van der Waals surface area contributed by atoms with Crippen LogP contribution in [0.2, 0.25) is 5.02 Å². The van der Waals surface area contributed by atoms with Gasteiger partial charge >= 0.3 is 0 Å². The van der Waals surface area contributed by atoms with Crippen molar-refractivity contribution in [3.05, 3.63) is 47.5 Å². The maximum absolute atomic E-state index is 6.22. The number of nitrogens with two attached hydrogens (primary N) is 1. The second-order valence-electron chi connectivity index (χ2n) is 3.50. The highest BCUT2D eigenvalue weighted by molar-refractivity contribution is 6.34. The van der Waals surface area contributed by atoms with Crippen LogP contribution in [0.4, 0.5) is 11.4 Å². The Balaban J connectivity index is 2.68. The van der Waals surface area contributed by atoms with E-state index in [1.807, 2.05) is 43.4 Å². The summed E-state index contributed by atoms with van der Waals surface area (Å²) in [4.78, 5) is 0. The molecule has 0 aliphatic heterocycles. The molecule has 0 aliphatic carbocycles. The average Bonchev–Trinajstić information content (AvgIpc) is 2.33. The van der Waals surface area contributed by atoms with Gasteiger partial charge in [0, 0.05) is 12.6 Å². The van der Waals surface area contributed by atoms with E-state index in [0.717, 1.165) is 16.8 Å². The van der Waals surface area contributed by atoms with Gasteiger partial charge in [0.1, 0.15) is 0 Å². The third kappa shape index (κ3) is 1.84. The fourth-order valence-electron chi connectivity index (χ4n) is 1.75. The third-order valence-electron chi connectivity index (χ3n) is 2.50. The molecule has 0 amide bonds. The first-order valence-corrected chi connectivity index (χ1v) is 5.43. The molecule has 2 aromatic carbocycles. The molecule has 0 heterocycles. The molecule has 0 bridgehead atoms. The first-order chi connectivity index (χ1) is 7.74. The van der Waals surface area contributed by atoms with E-state index in [-0.39, 0.29) is 0 Å². The Morgan fingerprint density at radius 2 is 1.75 bits per heavy atom. The molecule has 0 atom stereocenters. The van der Waals surface area contributed by atoms with Gasteiger partial charge in [0.25, 0.3) is 0 Å². The van der Waals surface area contributed by atoms with E-state index in [9.17, 15) is 0 Å². The van der Waals surface area contributed by atoms with E-state index in [2.05, 4.69) is 5.32 Å². The average molecular weight is 233 g/mol. The molecule has 0 saturated heterocycles. The van der Waals surface area contributed by atoms with Crippen LogP contribution in [0, 0.1) is 0 Å². The van der Waals surface area contributed by atoms with Gasteiger partial charge in [0.15, 0.2) is 0 Å². The van der Waals surface area contributed by atoms with Crippen LogP contribution >= 0.6 is 11.6 Å². The van der Waals surface area contributed by atoms with Crippen molar-refractivity contribution in [3.63, 3.8) is 0 Å². The van der Waals surface area contributed by atoms with Gasteiger partial charge in [-0.1, -0.05) is 41.9 Å². The topological polar surface area (TPSA) is 38.0 Å². The van der Waals surface area contributed by atoms with Crippen LogP contribution in [0.15, 0.2) is 42.5 Å². The summed E-state index contributed by atoms with van der Waals surface area (Å²) >= 11 is 6.22. The Morgan fingerprint density at radius 1 is 1.06 bits per heavy atom. The highest BCUT2D eigenvalue weighted by Crippen LogP contribution is 2.38. The maximum atomic E-state index is 6.22. The molecule has 0 aromatic heterocycles. The van der Waals surface area contributed by atoms with E-state index >= 15 is 0 Å². The van der Waals surface area contributed by atoms with Crippen LogP contribution in [0.5, 0.6) is 0 Å². The summed E-state index contributed by atoms with van der Waals surface area (Å²) in [5, 5.41) is 3.79.